The summed E-state index contributed by atoms with van der Waals surface area (Å²) in [5.41, 5.74) is 7.00. The lowest BCUT2D eigenvalue weighted by Gasteiger charge is -2.37. The Hall–Kier alpha value is -3.68. The van der Waals surface area contributed by atoms with Crippen molar-refractivity contribution >= 4 is 43.4 Å². The van der Waals surface area contributed by atoms with Crippen molar-refractivity contribution in [2.45, 2.75) is 70.5 Å². The van der Waals surface area contributed by atoms with Gasteiger partial charge in [0.1, 0.15) is 0 Å². The molecule has 0 radical (unpaired) electrons. The second-order valence-corrected chi connectivity index (χ2v) is 15.5. The first kappa shape index (κ1) is 37.1. The van der Waals surface area contributed by atoms with Crippen molar-refractivity contribution in [2.75, 3.05) is 19.6 Å². The Morgan fingerprint density at radius 3 is 2.25 bits per heavy atom. The third-order valence-corrected chi connectivity index (χ3v) is 10.8. The number of carbonyl (C=O) groups excluding carboxylic acids is 2. The number of aromatic nitrogens is 1. The van der Waals surface area contributed by atoms with Gasteiger partial charge in [0.2, 0.25) is 15.9 Å². The summed E-state index contributed by atoms with van der Waals surface area (Å²) >= 11 is 1.35. The van der Waals surface area contributed by atoms with E-state index in [1.54, 1.807) is 17.6 Å². The normalized spacial score (nSPS) is 13.8. The van der Waals surface area contributed by atoms with Crippen LogP contribution in [0.25, 0.3) is 10.2 Å². The van der Waals surface area contributed by atoms with Crippen LogP contribution in [0, 0.1) is 11.8 Å². The van der Waals surface area contributed by atoms with Crippen LogP contribution in [0.4, 0.5) is 0 Å². The van der Waals surface area contributed by atoms with Crippen molar-refractivity contribution in [3.8, 4) is 0 Å². The zero-order chi connectivity index (χ0) is 34.7. The van der Waals surface area contributed by atoms with Crippen LogP contribution in [-0.2, 0) is 32.6 Å². The third kappa shape index (κ3) is 10.4. The van der Waals surface area contributed by atoms with E-state index in [9.17, 15) is 23.1 Å². The van der Waals surface area contributed by atoms with Crippen LogP contribution in [0.1, 0.15) is 51.7 Å². The first-order chi connectivity index (χ1) is 23.0. The Bertz CT molecular complexity index is 1720. The van der Waals surface area contributed by atoms with Gasteiger partial charge in [-0.1, -0.05) is 94.8 Å². The number of hydrazine groups is 1. The first-order valence-electron chi connectivity index (χ1n) is 16.4. The molecule has 2 amide bonds. The topological polar surface area (TPSA) is 132 Å². The molecule has 0 saturated heterocycles. The summed E-state index contributed by atoms with van der Waals surface area (Å²) in [6, 6.07) is 22.9. The molecular weight excluding hydrogens is 647 g/mol. The smallest absolute Gasteiger partial charge is 0.252 e. The molecule has 0 aliphatic heterocycles. The van der Waals surface area contributed by atoms with E-state index in [0.717, 1.165) is 22.2 Å². The molecule has 4 rings (SSSR count). The van der Waals surface area contributed by atoms with Crippen molar-refractivity contribution < 1.29 is 23.1 Å². The van der Waals surface area contributed by atoms with Gasteiger partial charge in [-0.25, -0.2) is 18.4 Å². The van der Waals surface area contributed by atoms with E-state index in [4.69, 9.17) is 0 Å². The zero-order valence-electron chi connectivity index (χ0n) is 28.1. The average molecular weight is 694 g/mol. The highest BCUT2D eigenvalue weighted by Gasteiger charge is 2.36. The number of benzene rings is 3. The van der Waals surface area contributed by atoms with Gasteiger partial charge in [-0.05, 0) is 47.6 Å². The monoisotopic (exact) mass is 693 g/mol. The highest BCUT2D eigenvalue weighted by Crippen LogP contribution is 2.26. The van der Waals surface area contributed by atoms with Gasteiger partial charge < -0.3 is 10.4 Å². The lowest BCUT2D eigenvalue weighted by Crippen LogP contribution is -2.60. The predicted octanol–water partition coefficient (Wildman–Crippen LogP) is 5.00. The van der Waals surface area contributed by atoms with Gasteiger partial charge in [-0.15, -0.1) is 11.3 Å². The number of amides is 2. The van der Waals surface area contributed by atoms with Crippen LogP contribution in [0.3, 0.4) is 0 Å². The maximum atomic E-state index is 14.1. The summed E-state index contributed by atoms with van der Waals surface area (Å²) in [5.74, 6) is -0.819. The van der Waals surface area contributed by atoms with Crippen LogP contribution < -0.4 is 10.7 Å². The Labute approximate surface area is 288 Å². The van der Waals surface area contributed by atoms with Crippen LogP contribution in [-0.4, -0.2) is 71.4 Å². The quantitative estimate of drug-likeness (QED) is 0.133. The molecule has 3 N–H and O–H groups in total. The lowest BCUT2D eigenvalue weighted by molar-refractivity contribution is -0.148. The fraction of sp³-hybridized carbons (Fsp3) is 0.417. The maximum Gasteiger partial charge on any atom is 0.252 e. The molecule has 258 valence electrons. The molecule has 12 heteroatoms. The molecule has 3 aromatic carbocycles. The molecule has 0 fully saturated rings. The molecule has 0 bridgehead atoms. The third-order valence-electron chi connectivity index (χ3n) is 8.15. The van der Waals surface area contributed by atoms with Gasteiger partial charge in [0.15, 0.2) is 0 Å². The number of thiazole rings is 1. The largest absolute Gasteiger partial charge is 0.390 e. The lowest BCUT2D eigenvalue weighted by atomic mass is 9.98. The molecule has 3 atom stereocenters. The molecule has 48 heavy (non-hydrogen) atoms. The maximum absolute atomic E-state index is 14.1. The number of nitrogens with one attached hydrogen (secondary N) is 2. The Morgan fingerprint density at radius 1 is 0.938 bits per heavy atom. The number of sulfonamides is 1. The minimum Gasteiger partial charge on any atom is -0.390 e. The highest BCUT2D eigenvalue weighted by molar-refractivity contribution is 7.89. The van der Waals surface area contributed by atoms with E-state index in [0.29, 0.717) is 12.1 Å². The number of carbonyl (C=O) groups is 2. The first-order valence-corrected chi connectivity index (χ1v) is 18.7. The molecule has 0 saturated carbocycles. The number of hydrogen-bond acceptors (Lipinski definition) is 8. The number of aliphatic hydroxyl groups excluding tert-OH is 1. The number of aliphatic hydroxyl groups is 1. The standard InChI is InChI=1S/C36H47N5O5S2/c1-5-27(4)18-36(44)41(39-35(43)22-37-21-29-14-10-7-11-15-29)32(19-28-12-8-6-9-13-28)33(42)24-40(23-26(2)3)48(45,46)30-16-17-31-34(20-30)47-25-38-31/h6-17,20,25-27,32-33,37,42H,5,18-19,21-24H2,1-4H3,(H,39,43)/t27-,32-,33+/m0/s1. The summed E-state index contributed by atoms with van der Waals surface area (Å²) in [6.45, 7) is 8.02. The minimum atomic E-state index is -4.05. The molecule has 0 unspecified atom stereocenters. The van der Waals surface area contributed by atoms with Gasteiger partial charge in [0.25, 0.3) is 5.91 Å². The van der Waals surface area contributed by atoms with E-state index in [1.165, 1.54) is 26.7 Å². The van der Waals surface area contributed by atoms with E-state index in [-0.39, 0.29) is 55.1 Å². The molecule has 10 nitrogen and oxygen atoms in total. The van der Waals surface area contributed by atoms with E-state index in [2.05, 4.69) is 15.7 Å². The highest BCUT2D eigenvalue weighted by atomic mass is 32.2. The second kappa shape index (κ2) is 17.6. The summed E-state index contributed by atoms with van der Waals surface area (Å²) in [7, 11) is -4.05. The van der Waals surface area contributed by atoms with Gasteiger partial charge >= 0.3 is 0 Å². The van der Waals surface area contributed by atoms with Gasteiger partial charge in [0.05, 0.1) is 39.3 Å². The summed E-state index contributed by atoms with van der Waals surface area (Å²) in [4.78, 5) is 31.6. The molecule has 1 heterocycles. The van der Waals surface area contributed by atoms with E-state index >= 15 is 0 Å². The molecule has 0 aliphatic rings. The Kier molecular flexibility index (Phi) is 13.7. The Morgan fingerprint density at radius 2 is 1.60 bits per heavy atom. The van der Waals surface area contributed by atoms with E-state index < -0.39 is 28.1 Å². The zero-order valence-corrected chi connectivity index (χ0v) is 29.7. The SMILES string of the molecule is CC[C@H](C)CC(=O)N(NC(=O)CNCc1ccccc1)[C@@H](Cc1ccccc1)[C@H](O)CN(CC(C)C)S(=O)(=O)c1ccc2ncsc2c1. The van der Waals surface area contributed by atoms with Crippen molar-refractivity contribution in [1.29, 1.82) is 0 Å². The van der Waals surface area contributed by atoms with Gasteiger partial charge in [0, 0.05) is 26.1 Å². The molecule has 1 aromatic heterocycles. The average Bonchev–Trinajstić information content (AvgIpc) is 3.55. The number of rotatable bonds is 17. The van der Waals surface area contributed by atoms with Gasteiger partial charge in [-0.2, -0.15) is 4.31 Å². The van der Waals surface area contributed by atoms with E-state index in [1.807, 2.05) is 88.4 Å². The number of hydrogen-bond donors (Lipinski definition) is 3. The molecule has 0 aliphatic carbocycles. The van der Waals surface area contributed by atoms with Crippen LogP contribution in [0.15, 0.2) is 89.3 Å². The predicted molar refractivity (Wildman–Crippen MR) is 190 cm³/mol. The van der Waals surface area contributed by atoms with Crippen molar-refractivity contribution in [3.63, 3.8) is 0 Å². The molecular formula is C36H47N5O5S2. The fourth-order valence-electron chi connectivity index (χ4n) is 5.37. The van der Waals surface area contributed by atoms with Crippen molar-refractivity contribution in [2.24, 2.45) is 11.8 Å². The van der Waals surface area contributed by atoms with Crippen LogP contribution in [0.5, 0.6) is 0 Å². The minimum absolute atomic E-state index is 0.0297. The summed E-state index contributed by atoms with van der Waals surface area (Å²) < 4.78 is 30.2. The number of fused-ring (bicyclic) bond motifs is 1. The van der Waals surface area contributed by atoms with Crippen molar-refractivity contribution in [3.05, 3.63) is 95.5 Å². The summed E-state index contributed by atoms with van der Waals surface area (Å²) in [6.07, 6.45) is -0.254. The summed E-state index contributed by atoms with van der Waals surface area (Å²) in [5, 5.41) is 16.3. The second-order valence-electron chi connectivity index (χ2n) is 12.6. The Balaban J connectivity index is 1.64. The fourth-order valence-corrected chi connectivity index (χ4v) is 7.81. The van der Waals surface area contributed by atoms with Gasteiger partial charge in [-0.3, -0.25) is 15.0 Å². The van der Waals surface area contributed by atoms with Crippen LogP contribution in [0.2, 0.25) is 0 Å². The van der Waals surface area contributed by atoms with Crippen molar-refractivity contribution in [1.82, 2.24) is 25.0 Å². The number of nitrogens with zero attached hydrogens (tertiary/aromatic N) is 3. The molecule has 0 spiro atoms. The molecule has 4 aromatic rings. The van der Waals surface area contributed by atoms with Crippen LogP contribution >= 0.6 is 11.3 Å².